The topological polar surface area (TPSA) is 113 Å². The van der Waals surface area contributed by atoms with Crippen molar-refractivity contribution in [2.75, 3.05) is 16.8 Å². The highest BCUT2D eigenvalue weighted by molar-refractivity contribution is 7.90. The van der Waals surface area contributed by atoms with E-state index in [9.17, 15) is 36.0 Å². The van der Waals surface area contributed by atoms with Crippen molar-refractivity contribution in [3.05, 3.63) is 59.2 Å². The van der Waals surface area contributed by atoms with Crippen LogP contribution < -0.4 is 14.9 Å². The van der Waals surface area contributed by atoms with Crippen LogP contribution in [0.1, 0.15) is 59.4 Å². The van der Waals surface area contributed by atoms with Gasteiger partial charge in [-0.05, 0) is 69.2 Å². The lowest BCUT2D eigenvalue weighted by molar-refractivity contribution is -0.137. The van der Waals surface area contributed by atoms with Crippen LogP contribution in [-0.2, 0) is 21.0 Å². The number of hydrogen-bond donors (Lipinski definition) is 2. The number of amides is 3. The second-order valence-corrected chi connectivity index (χ2v) is 10.6. The number of anilines is 2. The van der Waals surface area contributed by atoms with Crippen molar-refractivity contribution in [3.63, 3.8) is 0 Å². The van der Waals surface area contributed by atoms with Crippen LogP contribution in [0, 0.1) is 0 Å². The van der Waals surface area contributed by atoms with Crippen LogP contribution in [0.2, 0.25) is 0 Å². The predicted molar refractivity (Wildman–Crippen MR) is 124 cm³/mol. The summed E-state index contributed by atoms with van der Waals surface area (Å²) in [5.74, 6) is -1.74. The van der Waals surface area contributed by atoms with Crippen LogP contribution in [0.3, 0.4) is 0 Å². The lowest BCUT2D eigenvalue weighted by Gasteiger charge is -2.15. The zero-order chi connectivity index (χ0) is 26.0. The molecule has 0 bridgehead atoms. The Kier molecular flexibility index (Phi) is 7.65. The summed E-state index contributed by atoms with van der Waals surface area (Å²) in [7, 11) is -3.36. The molecule has 0 unspecified atom stereocenters. The summed E-state index contributed by atoms with van der Waals surface area (Å²) < 4.78 is 64.2. The van der Waals surface area contributed by atoms with E-state index < -0.39 is 38.8 Å². The number of sulfonamides is 1. The van der Waals surface area contributed by atoms with E-state index in [1.165, 1.54) is 18.2 Å². The second kappa shape index (κ2) is 10.2. The predicted octanol–water partition coefficient (Wildman–Crippen LogP) is 3.94. The standard InChI is InChI=1S/C23H24F3N3O5S/c1-14(2)35(33,34)27-12-4-3-5-20(30)28-16-8-11-18-19(13-16)22(32)29(21(18)31)17-9-6-15(7-10-17)23(24,25)26/h6-11,13-14,27H,3-5,12H2,1-2H3,(H,28,30). The fraction of sp³-hybridized carbons (Fsp3) is 0.348. The number of nitrogens with zero attached hydrogens (tertiary/aromatic N) is 1. The molecular weight excluding hydrogens is 487 g/mol. The van der Waals surface area contributed by atoms with Gasteiger partial charge in [-0.1, -0.05) is 0 Å². The molecule has 188 valence electrons. The average Bonchev–Trinajstić information content (AvgIpc) is 3.02. The van der Waals surface area contributed by atoms with Gasteiger partial charge in [0.1, 0.15) is 0 Å². The summed E-state index contributed by atoms with van der Waals surface area (Å²) in [5.41, 5.74) is -0.520. The van der Waals surface area contributed by atoms with Crippen molar-refractivity contribution in [1.82, 2.24) is 4.72 Å². The third-order valence-electron chi connectivity index (χ3n) is 5.38. The molecule has 2 aromatic rings. The molecule has 0 saturated carbocycles. The third kappa shape index (κ3) is 6.06. The van der Waals surface area contributed by atoms with E-state index in [0.717, 1.165) is 29.2 Å². The van der Waals surface area contributed by atoms with Gasteiger partial charge in [0.2, 0.25) is 15.9 Å². The molecule has 0 fully saturated rings. The Morgan fingerprint density at radius 1 is 0.971 bits per heavy atom. The zero-order valence-corrected chi connectivity index (χ0v) is 19.8. The molecule has 2 aromatic carbocycles. The van der Waals surface area contributed by atoms with Crippen LogP contribution in [0.15, 0.2) is 42.5 Å². The number of nitrogens with one attached hydrogen (secondary N) is 2. The van der Waals surface area contributed by atoms with E-state index in [0.29, 0.717) is 12.8 Å². The molecule has 0 spiro atoms. The second-order valence-electron chi connectivity index (χ2n) is 8.24. The van der Waals surface area contributed by atoms with Crippen LogP contribution in [-0.4, -0.2) is 37.9 Å². The lowest BCUT2D eigenvalue weighted by Crippen LogP contribution is -2.31. The van der Waals surface area contributed by atoms with Crippen molar-refractivity contribution >= 4 is 39.1 Å². The highest BCUT2D eigenvalue weighted by Crippen LogP contribution is 2.33. The number of carbonyl (C=O) groups is 3. The van der Waals surface area contributed by atoms with Gasteiger partial charge < -0.3 is 5.32 Å². The van der Waals surface area contributed by atoms with E-state index in [4.69, 9.17) is 0 Å². The number of benzene rings is 2. The van der Waals surface area contributed by atoms with Crippen molar-refractivity contribution in [3.8, 4) is 0 Å². The van der Waals surface area contributed by atoms with Crippen molar-refractivity contribution in [2.24, 2.45) is 0 Å². The maximum absolute atomic E-state index is 12.8. The highest BCUT2D eigenvalue weighted by atomic mass is 32.2. The molecule has 8 nitrogen and oxygen atoms in total. The minimum absolute atomic E-state index is 0.00266. The van der Waals surface area contributed by atoms with Crippen LogP contribution in [0.25, 0.3) is 0 Å². The molecule has 2 N–H and O–H groups in total. The molecule has 3 rings (SSSR count). The van der Waals surface area contributed by atoms with Crippen molar-refractivity contribution < 1.29 is 36.0 Å². The first-order chi connectivity index (χ1) is 16.3. The van der Waals surface area contributed by atoms with Gasteiger partial charge in [-0.3, -0.25) is 14.4 Å². The van der Waals surface area contributed by atoms with Crippen molar-refractivity contribution in [1.29, 1.82) is 0 Å². The monoisotopic (exact) mass is 511 g/mol. The van der Waals surface area contributed by atoms with Gasteiger partial charge in [-0.25, -0.2) is 18.0 Å². The first-order valence-electron chi connectivity index (χ1n) is 10.8. The maximum atomic E-state index is 12.8. The third-order valence-corrected chi connectivity index (χ3v) is 7.23. The smallest absolute Gasteiger partial charge is 0.326 e. The molecule has 0 aromatic heterocycles. The number of carbonyl (C=O) groups excluding carboxylic acids is 3. The molecular formula is C23H24F3N3O5S. The summed E-state index contributed by atoms with van der Waals surface area (Å²) >= 11 is 0. The average molecular weight is 512 g/mol. The van der Waals surface area contributed by atoms with Gasteiger partial charge in [0, 0.05) is 18.7 Å². The van der Waals surface area contributed by atoms with Gasteiger partial charge in [-0.2, -0.15) is 13.2 Å². The molecule has 35 heavy (non-hydrogen) atoms. The summed E-state index contributed by atoms with van der Waals surface area (Å²) in [6, 6.07) is 7.85. The largest absolute Gasteiger partial charge is 0.416 e. The number of hydrogen-bond acceptors (Lipinski definition) is 5. The van der Waals surface area contributed by atoms with Crippen LogP contribution >= 0.6 is 0 Å². The molecule has 12 heteroatoms. The van der Waals surface area contributed by atoms with E-state index in [1.54, 1.807) is 13.8 Å². The van der Waals surface area contributed by atoms with E-state index >= 15 is 0 Å². The fourth-order valence-corrected chi connectivity index (χ4v) is 4.13. The van der Waals surface area contributed by atoms with Gasteiger partial charge in [0.15, 0.2) is 0 Å². The quantitative estimate of drug-likeness (QED) is 0.391. The number of alkyl halides is 3. The van der Waals surface area contributed by atoms with Gasteiger partial charge in [-0.15, -0.1) is 0 Å². The molecule has 0 atom stereocenters. The number of rotatable bonds is 9. The highest BCUT2D eigenvalue weighted by Gasteiger charge is 2.37. The van der Waals surface area contributed by atoms with Gasteiger partial charge in [0.05, 0.1) is 27.6 Å². The Balaban J connectivity index is 1.60. The molecule has 3 amide bonds. The maximum Gasteiger partial charge on any atom is 0.416 e. The van der Waals surface area contributed by atoms with Gasteiger partial charge >= 0.3 is 6.18 Å². The molecule has 1 aliphatic rings. The molecule has 1 aliphatic heterocycles. The Morgan fingerprint density at radius 3 is 2.20 bits per heavy atom. The molecule has 0 aliphatic carbocycles. The first kappa shape index (κ1) is 26.4. The minimum Gasteiger partial charge on any atom is -0.326 e. The fourth-order valence-electron chi connectivity index (χ4n) is 3.37. The normalized spacial score (nSPS) is 13.9. The summed E-state index contributed by atoms with van der Waals surface area (Å²) in [6.07, 6.45) is -3.55. The number of imide groups is 1. The van der Waals surface area contributed by atoms with Crippen LogP contribution in [0.5, 0.6) is 0 Å². The Labute approximate surface area is 200 Å². The first-order valence-corrected chi connectivity index (χ1v) is 12.3. The summed E-state index contributed by atoms with van der Waals surface area (Å²) in [5, 5.41) is 2.08. The number of fused-ring (bicyclic) bond motifs is 1. The number of unbranched alkanes of at least 4 members (excludes halogenated alkanes) is 1. The minimum atomic E-state index is -4.55. The Bertz CT molecular complexity index is 1240. The molecule has 0 saturated heterocycles. The molecule has 0 radical (unpaired) electrons. The van der Waals surface area contributed by atoms with E-state index in [1.807, 2.05) is 0 Å². The summed E-state index contributed by atoms with van der Waals surface area (Å²) in [4.78, 5) is 38.5. The Morgan fingerprint density at radius 2 is 1.60 bits per heavy atom. The van der Waals surface area contributed by atoms with Crippen molar-refractivity contribution in [2.45, 2.75) is 44.5 Å². The Hall–Kier alpha value is -3.25. The zero-order valence-electron chi connectivity index (χ0n) is 19.0. The lowest BCUT2D eigenvalue weighted by atomic mass is 10.1. The van der Waals surface area contributed by atoms with Crippen LogP contribution in [0.4, 0.5) is 24.5 Å². The van der Waals surface area contributed by atoms with E-state index in [-0.39, 0.29) is 41.4 Å². The van der Waals surface area contributed by atoms with Gasteiger partial charge in [0.25, 0.3) is 11.8 Å². The number of halogens is 3. The van der Waals surface area contributed by atoms with E-state index in [2.05, 4.69) is 10.0 Å². The SMILES string of the molecule is CC(C)S(=O)(=O)NCCCCC(=O)Nc1ccc2c(c1)C(=O)N(c1ccc(C(F)(F)F)cc1)C2=O. The molecule has 1 heterocycles. The summed E-state index contributed by atoms with van der Waals surface area (Å²) in [6.45, 7) is 3.34.